The highest BCUT2D eigenvalue weighted by Crippen LogP contribution is 2.10. The van der Waals surface area contributed by atoms with E-state index in [0.717, 1.165) is 24.3 Å². The average Bonchev–Trinajstić information content (AvgIpc) is 2.32. The monoisotopic (exact) mass is 248 g/mol. The van der Waals surface area contributed by atoms with Crippen molar-refractivity contribution in [1.29, 1.82) is 0 Å². The quantitative estimate of drug-likeness (QED) is 0.867. The summed E-state index contributed by atoms with van der Waals surface area (Å²) >= 11 is 0. The van der Waals surface area contributed by atoms with Crippen molar-refractivity contribution in [2.24, 2.45) is 0 Å². The van der Waals surface area contributed by atoms with Crippen LogP contribution in [-0.2, 0) is 16.0 Å². The molecule has 0 atom stereocenters. The normalized spacial score (nSPS) is 9.94. The second-order valence-electron chi connectivity index (χ2n) is 4.12. The molecule has 0 radical (unpaired) electrons. The molecule has 1 aromatic rings. The van der Waals surface area contributed by atoms with Crippen molar-refractivity contribution in [3.05, 3.63) is 29.8 Å². The van der Waals surface area contributed by atoms with Crippen LogP contribution in [0.1, 0.15) is 26.3 Å². The van der Waals surface area contributed by atoms with Crippen molar-refractivity contribution < 1.29 is 9.59 Å². The average molecular weight is 248 g/mol. The van der Waals surface area contributed by atoms with E-state index in [4.69, 9.17) is 0 Å². The van der Waals surface area contributed by atoms with Gasteiger partial charge in [0.1, 0.15) is 0 Å². The van der Waals surface area contributed by atoms with E-state index in [1.165, 1.54) is 6.92 Å². The van der Waals surface area contributed by atoms with Crippen LogP contribution in [0.4, 0.5) is 5.69 Å². The number of hydrogen-bond acceptors (Lipinski definition) is 2. The van der Waals surface area contributed by atoms with Crippen LogP contribution in [0.3, 0.4) is 0 Å². The highest BCUT2D eigenvalue weighted by molar-refractivity contribution is 5.88. The highest BCUT2D eigenvalue weighted by Gasteiger charge is 2.09. The molecule has 2 amide bonds. The summed E-state index contributed by atoms with van der Waals surface area (Å²) in [6, 6.07) is 7.36. The number of amides is 2. The van der Waals surface area contributed by atoms with Crippen molar-refractivity contribution >= 4 is 17.5 Å². The Morgan fingerprint density at radius 3 is 2.11 bits per heavy atom. The van der Waals surface area contributed by atoms with Crippen LogP contribution in [0.5, 0.6) is 0 Å². The fourth-order valence-corrected chi connectivity index (χ4v) is 1.77. The molecule has 0 saturated carbocycles. The number of carbonyl (C=O) groups is 2. The van der Waals surface area contributed by atoms with Gasteiger partial charge in [0.2, 0.25) is 11.8 Å². The van der Waals surface area contributed by atoms with Gasteiger partial charge in [0, 0.05) is 25.7 Å². The number of nitrogens with zero attached hydrogens (tertiary/aromatic N) is 1. The van der Waals surface area contributed by atoms with Gasteiger partial charge in [-0.3, -0.25) is 9.59 Å². The van der Waals surface area contributed by atoms with Crippen molar-refractivity contribution in [2.75, 3.05) is 18.4 Å². The summed E-state index contributed by atoms with van der Waals surface area (Å²) in [6.07, 6.45) is 0.405. The van der Waals surface area contributed by atoms with Gasteiger partial charge in [-0.05, 0) is 31.5 Å². The van der Waals surface area contributed by atoms with Gasteiger partial charge in [0.05, 0.1) is 6.42 Å². The van der Waals surface area contributed by atoms with Crippen molar-refractivity contribution in [3.63, 3.8) is 0 Å². The van der Waals surface area contributed by atoms with E-state index in [-0.39, 0.29) is 11.8 Å². The molecule has 1 rings (SSSR count). The third kappa shape index (κ3) is 4.20. The maximum Gasteiger partial charge on any atom is 0.226 e. The molecular weight excluding hydrogens is 228 g/mol. The Morgan fingerprint density at radius 2 is 1.67 bits per heavy atom. The van der Waals surface area contributed by atoms with Crippen LogP contribution < -0.4 is 5.32 Å². The van der Waals surface area contributed by atoms with Crippen molar-refractivity contribution in [3.8, 4) is 0 Å². The fraction of sp³-hybridized carbons (Fsp3) is 0.429. The minimum atomic E-state index is -0.0954. The Kier molecular flexibility index (Phi) is 5.36. The second-order valence-corrected chi connectivity index (χ2v) is 4.12. The molecule has 98 valence electrons. The lowest BCUT2D eigenvalue weighted by molar-refractivity contribution is -0.130. The molecule has 4 heteroatoms. The van der Waals surface area contributed by atoms with Crippen LogP contribution in [0, 0.1) is 0 Å². The minimum Gasteiger partial charge on any atom is -0.343 e. The van der Waals surface area contributed by atoms with Gasteiger partial charge in [-0.2, -0.15) is 0 Å². The molecule has 0 aliphatic carbocycles. The van der Waals surface area contributed by atoms with E-state index in [0.29, 0.717) is 6.42 Å². The van der Waals surface area contributed by atoms with E-state index >= 15 is 0 Å². The van der Waals surface area contributed by atoms with Crippen LogP contribution in [0.2, 0.25) is 0 Å². The standard InChI is InChI=1S/C14H20N2O2/c1-4-16(5-2)14(18)10-12-6-8-13(9-7-12)15-11(3)17/h6-9H,4-5,10H2,1-3H3,(H,15,17). The van der Waals surface area contributed by atoms with Gasteiger partial charge in [-0.1, -0.05) is 12.1 Å². The lowest BCUT2D eigenvalue weighted by Crippen LogP contribution is -2.31. The number of rotatable bonds is 5. The van der Waals surface area contributed by atoms with Crippen molar-refractivity contribution in [2.45, 2.75) is 27.2 Å². The maximum atomic E-state index is 11.9. The van der Waals surface area contributed by atoms with Gasteiger partial charge < -0.3 is 10.2 Å². The van der Waals surface area contributed by atoms with Gasteiger partial charge in [-0.25, -0.2) is 0 Å². The molecule has 0 spiro atoms. The fourth-order valence-electron chi connectivity index (χ4n) is 1.77. The van der Waals surface area contributed by atoms with Gasteiger partial charge >= 0.3 is 0 Å². The number of nitrogens with one attached hydrogen (secondary N) is 1. The minimum absolute atomic E-state index is 0.0954. The molecule has 18 heavy (non-hydrogen) atoms. The van der Waals surface area contributed by atoms with Crippen LogP contribution in [-0.4, -0.2) is 29.8 Å². The zero-order valence-electron chi connectivity index (χ0n) is 11.2. The summed E-state index contributed by atoms with van der Waals surface area (Å²) in [7, 11) is 0. The molecule has 0 fully saturated rings. The van der Waals surface area contributed by atoms with Crippen molar-refractivity contribution in [1.82, 2.24) is 4.90 Å². The van der Waals surface area contributed by atoms with Crippen LogP contribution in [0.25, 0.3) is 0 Å². The smallest absolute Gasteiger partial charge is 0.226 e. The number of hydrogen-bond donors (Lipinski definition) is 1. The predicted octanol–water partition coefficient (Wildman–Crippen LogP) is 2.06. The first kappa shape index (κ1) is 14.2. The summed E-state index contributed by atoms with van der Waals surface area (Å²) in [5, 5.41) is 2.70. The molecule has 0 bridgehead atoms. The third-order valence-corrected chi connectivity index (χ3v) is 2.75. The maximum absolute atomic E-state index is 11.9. The first-order valence-electron chi connectivity index (χ1n) is 6.21. The number of carbonyl (C=O) groups excluding carboxylic acids is 2. The Bertz CT molecular complexity index is 408. The molecular formula is C14H20N2O2. The topological polar surface area (TPSA) is 49.4 Å². The summed E-state index contributed by atoms with van der Waals surface area (Å²) in [6.45, 7) is 6.89. The Hall–Kier alpha value is -1.84. The third-order valence-electron chi connectivity index (χ3n) is 2.75. The summed E-state index contributed by atoms with van der Waals surface area (Å²) in [5.74, 6) is 0.0363. The molecule has 0 unspecified atom stereocenters. The molecule has 0 aliphatic heterocycles. The van der Waals surface area contributed by atoms with Gasteiger partial charge in [0.15, 0.2) is 0 Å². The second kappa shape index (κ2) is 6.79. The van der Waals surface area contributed by atoms with Crippen LogP contribution >= 0.6 is 0 Å². The molecule has 0 heterocycles. The Balaban J connectivity index is 2.63. The largest absolute Gasteiger partial charge is 0.343 e. The number of benzene rings is 1. The summed E-state index contributed by atoms with van der Waals surface area (Å²) in [5.41, 5.74) is 1.71. The summed E-state index contributed by atoms with van der Waals surface area (Å²) < 4.78 is 0. The van der Waals surface area contributed by atoms with Gasteiger partial charge in [-0.15, -0.1) is 0 Å². The lowest BCUT2D eigenvalue weighted by Gasteiger charge is -2.18. The predicted molar refractivity (Wildman–Crippen MR) is 72.4 cm³/mol. The van der Waals surface area contributed by atoms with Crippen LogP contribution in [0.15, 0.2) is 24.3 Å². The Labute approximate surface area is 108 Å². The molecule has 0 aromatic heterocycles. The highest BCUT2D eigenvalue weighted by atomic mass is 16.2. The summed E-state index contributed by atoms with van der Waals surface area (Å²) in [4.78, 5) is 24.6. The Morgan fingerprint density at radius 1 is 1.11 bits per heavy atom. The first-order valence-corrected chi connectivity index (χ1v) is 6.21. The number of anilines is 1. The SMILES string of the molecule is CCN(CC)C(=O)Cc1ccc(NC(C)=O)cc1. The number of likely N-dealkylation sites (N-methyl/N-ethyl adjacent to an activating group) is 1. The lowest BCUT2D eigenvalue weighted by atomic mass is 10.1. The molecule has 0 aliphatic rings. The zero-order chi connectivity index (χ0) is 13.5. The van der Waals surface area contributed by atoms with E-state index in [1.807, 2.05) is 43.0 Å². The molecule has 1 aromatic carbocycles. The van der Waals surface area contributed by atoms with E-state index in [1.54, 1.807) is 0 Å². The van der Waals surface area contributed by atoms with Gasteiger partial charge in [0.25, 0.3) is 0 Å². The first-order chi connectivity index (χ1) is 8.56. The van der Waals surface area contributed by atoms with E-state index in [2.05, 4.69) is 5.32 Å². The molecule has 1 N–H and O–H groups in total. The van der Waals surface area contributed by atoms with E-state index in [9.17, 15) is 9.59 Å². The van der Waals surface area contributed by atoms with E-state index < -0.39 is 0 Å². The zero-order valence-corrected chi connectivity index (χ0v) is 11.2. The molecule has 0 saturated heterocycles. The molecule has 4 nitrogen and oxygen atoms in total.